The SMILES string of the molecule is CC(C)(C)c1cc(-c2ccccc2)c(N2c3cc(-n4c5c(c6ccccc64)CCC5)ccc3B3c4ccc(-n5c6c(c7ccccc75)CCC6)cc4Oc4cc(C(C)(C)C)cc2c43)c(-c2ccccc2)c1. The fourth-order valence-corrected chi connectivity index (χ4v) is 12.9. The Morgan fingerprint density at radius 2 is 0.958 bits per heavy atom. The van der Waals surface area contributed by atoms with Crippen molar-refractivity contribution < 1.29 is 4.74 Å². The van der Waals surface area contributed by atoms with E-state index >= 15 is 0 Å². The Hall–Kier alpha value is -7.50. The third-order valence-corrected chi connectivity index (χ3v) is 16.4. The fourth-order valence-electron chi connectivity index (χ4n) is 12.9. The Morgan fingerprint density at radius 3 is 1.52 bits per heavy atom. The van der Waals surface area contributed by atoms with Crippen molar-refractivity contribution in [3.05, 3.63) is 203 Å². The molecule has 4 nitrogen and oxygen atoms in total. The molecule has 0 spiro atoms. The smallest absolute Gasteiger partial charge is 0.256 e. The molecule has 2 aromatic heterocycles. The Labute approximate surface area is 418 Å². The predicted octanol–water partition coefficient (Wildman–Crippen LogP) is 14.9. The Kier molecular flexibility index (Phi) is 9.25. The van der Waals surface area contributed by atoms with Gasteiger partial charge in [-0.3, -0.25) is 0 Å². The number of para-hydroxylation sites is 2. The first kappa shape index (κ1) is 42.4. The topological polar surface area (TPSA) is 22.3 Å². The second-order valence-electron chi connectivity index (χ2n) is 22.7. The number of aromatic nitrogens is 2. The van der Waals surface area contributed by atoms with Gasteiger partial charge in [0.05, 0.1) is 16.7 Å². The van der Waals surface area contributed by atoms with Gasteiger partial charge in [0.1, 0.15) is 11.5 Å². The van der Waals surface area contributed by atoms with Gasteiger partial charge in [-0.1, -0.05) is 151 Å². The Bertz CT molecular complexity index is 3760. The van der Waals surface area contributed by atoms with Crippen LogP contribution in [0.1, 0.15) is 88.0 Å². The minimum Gasteiger partial charge on any atom is -0.458 e. The molecule has 0 saturated carbocycles. The van der Waals surface area contributed by atoms with Gasteiger partial charge in [0, 0.05) is 62.1 Å². The minimum absolute atomic E-state index is 0.0689. The number of benzene rings is 8. The minimum atomic E-state index is -0.170. The van der Waals surface area contributed by atoms with Crippen molar-refractivity contribution in [1.29, 1.82) is 0 Å². The zero-order valence-electron chi connectivity index (χ0n) is 41.7. The summed E-state index contributed by atoms with van der Waals surface area (Å²) in [5.74, 6) is 1.87. The summed E-state index contributed by atoms with van der Waals surface area (Å²) in [4.78, 5) is 2.66. The highest BCUT2D eigenvalue weighted by molar-refractivity contribution is 6.99. The fraction of sp³-hybridized carbons (Fsp3) is 0.212. The van der Waals surface area contributed by atoms with E-state index in [1.54, 1.807) is 0 Å². The van der Waals surface area contributed by atoms with Crippen LogP contribution in [0.3, 0.4) is 0 Å². The highest BCUT2D eigenvalue weighted by Gasteiger charge is 2.44. The van der Waals surface area contributed by atoms with Crippen LogP contribution in [0.2, 0.25) is 0 Å². The van der Waals surface area contributed by atoms with E-state index in [-0.39, 0.29) is 17.5 Å². The molecule has 71 heavy (non-hydrogen) atoms. The Balaban J connectivity index is 1.09. The highest BCUT2D eigenvalue weighted by atomic mass is 16.5. The number of anilines is 3. The van der Waals surface area contributed by atoms with Crippen LogP contribution in [0, 0.1) is 0 Å². The summed E-state index contributed by atoms with van der Waals surface area (Å²) in [5.41, 5.74) is 25.2. The van der Waals surface area contributed by atoms with Crippen molar-refractivity contribution in [2.45, 2.75) is 90.9 Å². The number of fused-ring (bicyclic) bond motifs is 10. The summed E-state index contributed by atoms with van der Waals surface area (Å²) in [6.45, 7) is 14.0. The molecule has 0 unspecified atom stereocenters. The van der Waals surface area contributed by atoms with Gasteiger partial charge < -0.3 is 18.8 Å². The molecule has 0 radical (unpaired) electrons. The second kappa shape index (κ2) is 15.5. The molecule has 0 saturated heterocycles. The van der Waals surface area contributed by atoms with E-state index in [9.17, 15) is 0 Å². The molecule has 10 aromatic rings. The van der Waals surface area contributed by atoms with E-state index in [1.165, 1.54) is 135 Å². The van der Waals surface area contributed by atoms with E-state index < -0.39 is 0 Å². The summed E-state index contributed by atoms with van der Waals surface area (Å²) in [6, 6.07) is 64.6. The molecule has 0 N–H and O–H groups in total. The highest BCUT2D eigenvalue weighted by Crippen LogP contribution is 2.52. The van der Waals surface area contributed by atoms with Gasteiger partial charge in [-0.25, -0.2) is 0 Å². The molecule has 2 aliphatic heterocycles. The summed E-state index contributed by atoms with van der Waals surface area (Å²) >= 11 is 0. The summed E-state index contributed by atoms with van der Waals surface area (Å²) < 4.78 is 12.6. The first-order valence-electron chi connectivity index (χ1n) is 26.0. The summed E-state index contributed by atoms with van der Waals surface area (Å²) in [6.07, 6.45) is 6.79. The van der Waals surface area contributed by atoms with Gasteiger partial charge in [0.15, 0.2) is 0 Å². The molecule has 2 aliphatic carbocycles. The van der Waals surface area contributed by atoms with Crippen LogP contribution in [0.5, 0.6) is 11.5 Å². The zero-order chi connectivity index (χ0) is 47.9. The van der Waals surface area contributed by atoms with E-state index in [2.05, 4.69) is 225 Å². The molecule has 4 heterocycles. The van der Waals surface area contributed by atoms with E-state index in [1.807, 2.05) is 0 Å². The molecule has 5 heteroatoms. The van der Waals surface area contributed by atoms with Crippen LogP contribution in [-0.4, -0.2) is 15.8 Å². The van der Waals surface area contributed by atoms with Crippen molar-refractivity contribution in [3.63, 3.8) is 0 Å². The van der Waals surface area contributed by atoms with Crippen molar-refractivity contribution >= 4 is 62.0 Å². The number of aryl methyl sites for hydroxylation is 2. The van der Waals surface area contributed by atoms with Crippen molar-refractivity contribution in [3.8, 4) is 45.1 Å². The third kappa shape index (κ3) is 6.44. The van der Waals surface area contributed by atoms with Crippen LogP contribution < -0.4 is 26.0 Å². The first-order valence-corrected chi connectivity index (χ1v) is 26.0. The van der Waals surface area contributed by atoms with Crippen LogP contribution >= 0.6 is 0 Å². The van der Waals surface area contributed by atoms with Crippen LogP contribution in [0.4, 0.5) is 17.1 Å². The van der Waals surface area contributed by atoms with Crippen LogP contribution in [0.25, 0.3) is 55.4 Å². The maximum atomic E-state index is 7.46. The van der Waals surface area contributed by atoms with Gasteiger partial charge in [-0.15, -0.1) is 0 Å². The average molecular weight is 920 g/mol. The number of rotatable bonds is 5. The molecule has 0 bridgehead atoms. The van der Waals surface area contributed by atoms with Crippen molar-refractivity contribution in [2.24, 2.45) is 0 Å². The molecule has 8 aromatic carbocycles. The first-order chi connectivity index (χ1) is 34.5. The monoisotopic (exact) mass is 919 g/mol. The van der Waals surface area contributed by atoms with Gasteiger partial charge in [0.25, 0.3) is 6.71 Å². The molecule has 4 aliphatic rings. The molecule has 0 atom stereocenters. The lowest BCUT2D eigenvalue weighted by molar-refractivity contribution is 0.483. The summed E-state index contributed by atoms with van der Waals surface area (Å²) in [5, 5.41) is 2.76. The van der Waals surface area contributed by atoms with E-state index in [0.29, 0.717) is 0 Å². The number of ether oxygens (including phenoxy) is 1. The zero-order valence-corrected chi connectivity index (χ0v) is 41.7. The van der Waals surface area contributed by atoms with Gasteiger partial charge in [0.2, 0.25) is 0 Å². The summed E-state index contributed by atoms with van der Waals surface area (Å²) in [7, 11) is 0. The number of nitrogens with zero attached hydrogens (tertiary/aromatic N) is 3. The Morgan fingerprint density at radius 1 is 0.451 bits per heavy atom. The maximum Gasteiger partial charge on any atom is 0.256 e. The maximum absolute atomic E-state index is 7.46. The predicted molar refractivity (Wildman–Crippen MR) is 298 cm³/mol. The lowest BCUT2D eigenvalue weighted by Gasteiger charge is -2.43. The average Bonchev–Trinajstić information content (AvgIpc) is 4.18. The normalized spacial score (nSPS) is 14.6. The third-order valence-electron chi connectivity index (χ3n) is 16.4. The van der Waals surface area contributed by atoms with Crippen LogP contribution in [-0.2, 0) is 36.5 Å². The molecule has 346 valence electrons. The number of hydrogen-bond donors (Lipinski definition) is 0. The van der Waals surface area contributed by atoms with E-state index in [0.717, 1.165) is 37.2 Å². The van der Waals surface area contributed by atoms with Gasteiger partial charge in [-0.05, 0) is 154 Å². The largest absolute Gasteiger partial charge is 0.458 e. The quantitative estimate of drug-likeness (QED) is 0.161. The van der Waals surface area contributed by atoms with Crippen molar-refractivity contribution in [2.75, 3.05) is 4.90 Å². The van der Waals surface area contributed by atoms with Gasteiger partial charge >= 0.3 is 0 Å². The van der Waals surface area contributed by atoms with Crippen LogP contribution in [0.15, 0.2) is 170 Å². The second-order valence-corrected chi connectivity index (χ2v) is 22.7. The standard InChI is InChI=1S/C66H58BN3O/c1-65(2,3)43-35-51(41-19-9-7-10-20-41)64(52(36-43)42-21-11-8-12-22-42)70-59-39-45(68-55-27-15-13-23-47(55)49-25-17-29-57(49)68)31-33-53(59)67-54-34-32-46(69-56-28-16-14-24-48(56)50-26-18-30-58(50)69)40-61(54)71-62-38-44(66(4,5)6)37-60(70)63(62)67/h7-16,19-24,27-28,31-40H,17-18,25-26,29-30H2,1-6H3. The number of hydrogen-bond acceptors (Lipinski definition) is 2. The molecular weight excluding hydrogens is 862 g/mol. The van der Waals surface area contributed by atoms with Gasteiger partial charge in [-0.2, -0.15) is 0 Å². The molecule has 0 fully saturated rings. The van der Waals surface area contributed by atoms with E-state index in [4.69, 9.17) is 4.74 Å². The lowest BCUT2D eigenvalue weighted by atomic mass is 9.34. The molecule has 14 rings (SSSR count). The lowest BCUT2D eigenvalue weighted by Crippen LogP contribution is -2.59. The van der Waals surface area contributed by atoms with Crippen molar-refractivity contribution in [1.82, 2.24) is 9.13 Å². The molecule has 0 amide bonds. The molecular formula is C66H58BN3O.